The Hall–Kier alpha value is -3.95. The van der Waals surface area contributed by atoms with Gasteiger partial charge in [-0.05, 0) is 35.9 Å². The van der Waals surface area contributed by atoms with Crippen molar-refractivity contribution in [2.24, 2.45) is 0 Å². The Morgan fingerprint density at radius 2 is 1.86 bits per heavy atom. The van der Waals surface area contributed by atoms with Crippen LogP contribution in [0.25, 0.3) is 0 Å². The van der Waals surface area contributed by atoms with Crippen LogP contribution in [0, 0.1) is 15.9 Å². The van der Waals surface area contributed by atoms with Crippen molar-refractivity contribution < 1.29 is 18.8 Å². The first-order valence-corrected chi connectivity index (χ1v) is 11.0. The fraction of sp³-hybridized carbons (Fsp3) is 0.0833. The minimum absolute atomic E-state index is 0.120. The van der Waals surface area contributed by atoms with Crippen LogP contribution in [0.3, 0.4) is 0 Å². The van der Waals surface area contributed by atoms with Gasteiger partial charge in [0.15, 0.2) is 5.82 Å². The molecule has 3 aromatic carbocycles. The fourth-order valence-electron chi connectivity index (χ4n) is 3.18. The number of hydrogen-bond acceptors (Lipinski definition) is 5. The summed E-state index contributed by atoms with van der Waals surface area (Å²) in [5, 5.41) is 18.2. The molecule has 35 heavy (non-hydrogen) atoms. The topological polar surface area (TPSA) is 99.3 Å². The summed E-state index contributed by atoms with van der Waals surface area (Å²) in [6.07, 6.45) is 1.61. The number of nitro groups is 1. The molecule has 0 aliphatic rings. The standard InChI is InChI=1S/C24H17Cl2FN4O4/c25-19-2-1-3-21(27)18(19)13-30-11-10-23(29-30)28-24(32)16-6-4-15(5-7-16)14-35-22-9-8-17(31(33)34)12-20(22)26/h1-12H,13-14H2,(H,28,29,32). The van der Waals surface area contributed by atoms with Crippen molar-refractivity contribution in [3.63, 3.8) is 0 Å². The van der Waals surface area contributed by atoms with Gasteiger partial charge in [-0.1, -0.05) is 41.4 Å². The van der Waals surface area contributed by atoms with E-state index < -0.39 is 10.7 Å². The summed E-state index contributed by atoms with van der Waals surface area (Å²) in [7, 11) is 0. The molecule has 4 aromatic rings. The van der Waals surface area contributed by atoms with E-state index in [0.29, 0.717) is 27.7 Å². The van der Waals surface area contributed by atoms with Crippen molar-refractivity contribution in [2.75, 3.05) is 5.32 Å². The molecule has 0 aliphatic carbocycles. The number of anilines is 1. The van der Waals surface area contributed by atoms with Crippen LogP contribution < -0.4 is 10.1 Å². The van der Waals surface area contributed by atoms with Crippen molar-refractivity contribution in [2.45, 2.75) is 13.2 Å². The van der Waals surface area contributed by atoms with Gasteiger partial charge in [0, 0.05) is 40.5 Å². The van der Waals surface area contributed by atoms with Gasteiger partial charge in [-0.2, -0.15) is 5.10 Å². The SMILES string of the molecule is O=C(Nc1ccn(Cc2c(F)cccc2Cl)n1)c1ccc(COc2ccc([N+](=O)[O-])cc2Cl)cc1. The van der Waals surface area contributed by atoms with Crippen LogP contribution in [0.1, 0.15) is 21.5 Å². The third kappa shape index (κ3) is 5.95. The first-order chi connectivity index (χ1) is 16.8. The number of ether oxygens (including phenoxy) is 1. The summed E-state index contributed by atoms with van der Waals surface area (Å²) in [6.45, 7) is 0.275. The highest BCUT2D eigenvalue weighted by atomic mass is 35.5. The average molecular weight is 515 g/mol. The number of halogens is 3. The van der Waals surface area contributed by atoms with Crippen LogP contribution in [-0.2, 0) is 13.2 Å². The minimum atomic E-state index is -0.539. The predicted octanol–water partition coefficient (Wildman–Crippen LogP) is 6.12. The van der Waals surface area contributed by atoms with Crippen LogP contribution in [0.2, 0.25) is 10.0 Å². The Morgan fingerprint density at radius 3 is 2.54 bits per heavy atom. The van der Waals surface area contributed by atoms with Crippen molar-refractivity contribution >= 4 is 40.6 Å². The van der Waals surface area contributed by atoms with Gasteiger partial charge in [-0.25, -0.2) is 4.39 Å². The molecule has 1 N–H and O–H groups in total. The maximum absolute atomic E-state index is 14.0. The largest absolute Gasteiger partial charge is 0.487 e. The minimum Gasteiger partial charge on any atom is -0.487 e. The number of nitrogens with zero attached hydrogens (tertiary/aromatic N) is 3. The molecular weight excluding hydrogens is 498 g/mol. The van der Waals surface area contributed by atoms with Gasteiger partial charge in [0.1, 0.15) is 18.2 Å². The van der Waals surface area contributed by atoms with Crippen molar-refractivity contribution in [3.8, 4) is 5.75 Å². The molecule has 0 unspecified atom stereocenters. The number of nitrogens with one attached hydrogen (secondary N) is 1. The number of nitro benzene ring substituents is 1. The predicted molar refractivity (Wildman–Crippen MR) is 130 cm³/mol. The monoisotopic (exact) mass is 514 g/mol. The number of benzene rings is 3. The van der Waals surface area contributed by atoms with E-state index in [4.69, 9.17) is 27.9 Å². The highest BCUT2D eigenvalue weighted by Crippen LogP contribution is 2.29. The molecule has 1 amide bonds. The lowest BCUT2D eigenvalue weighted by molar-refractivity contribution is -0.384. The molecule has 0 spiro atoms. The van der Waals surface area contributed by atoms with Gasteiger partial charge >= 0.3 is 0 Å². The smallest absolute Gasteiger partial charge is 0.271 e. The van der Waals surface area contributed by atoms with Gasteiger partial charge in [0.2, 0.25) is 0 Å². The number of non-ortho nitro benzene ring substituents is 1. The summed E-state index contributed by atoms with van der Waals surface area (Å²) >= 11 is 12.1. The lowest BCUT2D eigenvalue weighted by Gasteiger charge is -2.09. The third-order valence-electron chi connectivity index (χ3n) is 5.00. The number of hydrogen-bond donors (Lipinski definition) is 1. The number of rotatable bonds is 8. The fourth-order valence-corrected chi connectivity index (χ4v) is 3.64. The average Bonchev–Trinajstić information content (AvgIpc) is 3.27. The Kier molecular flexibility index (Phi) is 7.28. The van der Waals surface area contributed by atoms with E-state index in [1.165, 1.54) is 35.0 Å². The third-order valence-corrected chi connectivity index (χ3v) is 5.65. The van der Waals surface area contributed by atoms with E-state index in [1.54, 1.807) is 42.6 Å². The Labute approximate surface area is 209 Å². The van der Waals surface area contributed by atoms with Crippen molar-refractivity contribution in [1.29, 1.82) is 0 Å². The molecule has 0 aliphatic heterocycles. The number of aromatic nitrogens is 2. The Balaban J connectivity index is 1.34. The zero-order valence-corrected chi connectivity index (χ0v) is 19.5. The highest BCUT2D eigenvalue weighted by Gasteiger charge is 2.13. The van der Waals surface area contributed by atoms with Gasteiger partial charge in [0.25, 0.3) is 11.6 Å². The van der Waals surface area contributed by atoms with Crippen molar-refractivity contribution in [1.82, 2.24) is 9.78 Å². The van der Waals surface area contributed by atoms with Gasteiger partial charge in [-0.15, -0.1) is 0 Å². The second-order valence-electron chi connectivity index (χ2n) is 7.41. The van der Waals surface area contributed by atoms with Crippen LogP contribution in [0.4, 0.5) is 15.9 Å². The van der Waals surface area contributed by atoms with Gasteiger partial charge < -0.3 is 10.1 Å². The lowest BCUT2D eigenvalue weighted by atomic mass is 10.1. The summed E-state index contributed by atoms with van der Waals surface area (Å²) < 4.78 is 21.1. The van der Waals surface area contributed by atoms with E-state index in [9.17, 15) is 19.3 Å². The van der Waals surface area contributed by atoms with E-state index in [0.717, 1.165) is 5.56 Å². The summed E-state index contributed by atoms with van der Waals surface area (Å²) in [4.78, 5) is 22.8. The van der Waals surface area contributed by atoms with E-state index in [2.05, 4.69) is 10.4 Å². The van der Waals surface area contributed by atoms with Crippen molar-refractivity contribution in [3.05, 3.63) is 116 Å². The van der Waals surface area contributed by atoms with Crippen LogP contribution >= 0.6 is 23.2 Å². The lowest BCUT2D eigenvalue weighted by Crippen LogP contribution is -2.13. The number of carbonyl (C=O) groups is 1. The zero-order valence-electron chi connectivity index (χ0n) is 18.0. The first-order valence-electron chi connectivity index (χ1n) is 10.2. The molecule has 11 heteroatoms. The first kappa shape index (κ1) is 24.2. The second-order valence-corrected chi connectivity index (χ2v) is 8.22. The summed E-state index contributed by atoms with van der Waals surface area (Å²) in [5.41, 5.74) is 1.34. The molecule has 8 nitrogen and oxygen atoms in total. The molecule has 0 radical (unpaired) electrons. The maximum atomic E-state index is 14.0. The summed E-state index contributed by atoms with van der Waals surface area (Å²) in [6, 6.07) is 16.7. The highest BCUT2D eigenvalue weighted by molar-refractivity contribution is 6.32. The molecule has 0 saturated heterocycles. The molecule has 0 fully saturated rings. The van der Waals surface area contributed by atoms with E-state index in [-0.39, 0.29) is 29.8 Å². The second kappa shape index (κ2) is 10.5. The normalized spacial score (nSPS) is 10.7. The van der Waals surface area contributed by atoms with Crippen LogP contribution in [0.15, 0.2) is 72.9 Å². The maximum Gasteiger partial charge on any atom is 0.271 e. The Bertz CT molecular complexity index is 1370. The number of amides is 1. The Morgan fingerprint density at radius 1 is 1.09 bits per heavy atom. The van der Waals surface area contributed by atoms with Crippen LogP contribution in [-0.4, -0.2) is 20.6 Å². The van der Waals surface area contributed by atoms with Gasteiger partial charge in [-0.3, -0.25) is 19.6 Å². The summed E-state index contributed by atoms with van der Waals surface area (Å²) in [5.74, 6) is -0.183. The molecule has 0 bridgehead atoms. The van der Waals surface area contributed by atoms with E-state index >= 15 is 0 Å². The molecule has 1 aromatic heterocycles. The number of carbonyl (C=O) groups excluding carboxylic acids is 1. The quantitative estimate of drug-likeness (QED) is 0.225. The van der Waals surface area contributed by atoms with E-state index in [1.807, 2.05) is 0 Å². The van der Waals surface area contributed by atoms with Gasteiger partial charge in [0.05, 0.1) is 16.5 Å². The zero-order chi connectivity index (χ0) is 24.9. The molecule has 1 heterocycles. The molecule has 178 valence electrons. The molecule has 0 saturated carbocycles. The molecular formula is C24H17Cl2FN4O4. The van der Waals surface area contributed by atoms with Crippen LogP contribution in [0.5, 0.6) is 5.75 Å². The molecule has 0 atom stereocenters. The molecule has 4 rings (SSSR count).